The van der Waals surface area contributed by atoms with E-state index in [4.69, 9.17) is 5.11 Å². The molecule has 0 rings (SSSR count). The van der Waals surface area contributed by atoms with E-state index in [1.807, 2.05) is 12.2 Å². The second-order valence-electron chi connectivity index (χ2n) is 3.79. The molecular weight excluding hydrogens is 188 g/mol. The highest BCUT2D eigenvalue weighted by Gasteiger charge is 1.95. The Morgan fingerprint density at radius 2 is 1.87 bits per heavy atom. The average Bonchev–Trinajstić information content (AvgIpc) is 2.21. The van der Waals surface area contributed by atoms with Crippen LogP contribution in [0.15, 0.2) is 23.8 Å². The molecule has 0 unspecified atom stereocenters. The van der Waals surface area contributed by atoms with Gasteiger partial charge in [-0.05, 0) is 19.8 Å². The molecule has 0 fully saturated rings. The van der Waals surface area contributed by atoms with E-state index in [0.717, 1.165) is 6.42 Å². The number of rotatable bonds is 8. The molecule has 0 saturated carbocycles. The van der Waals surface area contributed by atoms with Crippen LogP contribution < -0.4 is 0 Å². The van der Waals surface area contributed by atoms with Gasteiger partial charge in [0.25, 0.3) is 0 Å². The van der Waals surface area contributed by atoms with Crippen molar-refractivity contribution in [2.24, 2.45) is 0 Å². The molecule has 0 aromatic heterocycles. The Hall–Kier alpha value is -1.05. The number of carboxylic acids is 1. The maximum Gasteiger partial charge on any atom is 0.331 e. The number of unbranched alkanes of at least 4 members (excludes halogenated alkanes) is 5. The van der Waals surface area contributed by atoms with E-state index in [9.17, 15) is 4.79 Å². The molecule has 0 aliphatic heterocycles. The summed E-state index contributed by atoms with van der Waals surface area (Å²) in [6, 6.07) is 0. The zero-order valence-corrected chi connectivity index (χ0v) is 9.83. The van der Waals surface area contributed by atoms with Crippen LogP contribution in [-0.4, -0.2) is 11.1 Å². The first kappa shape index (κ1) is 13.9. The lowest BCUT2D eigenvalue weighted by molar-refractivity contribution is -0.132. The van der Waals surface area contributed by atoms with Crippen LogP contribution in [0.4, 0.5) is 0 Å². The van der Waals surface area contributed by atoms with Gasteiger partial charge in [0.1, 0.15) is 0 Å². The Morgan fingerprint density at radius 1 is 1.20 bits per heavy atom. The Balaban J connectivity index is 3.47. The number of carboxylic acid groups (broad SMARTS) is 1. The lowest BCUT2D eigenvalue weighted by Gasteiger charge is -1.95. The van der Waals surface area contributed by atoms with Crippen LogP contribution in [0, 0.1) is 0 Å². The summed E-state index contributed by atoms with van der Waals surface area (Å²) in [5, 5.41) is 8.58. The molecule has 0 aromatic rings. The standard InChI is InChI=1S/C13H22O2/c1-3-4-5-6-7-8-9-10-11-12(2)13(14)15/h9-11H,3-8H2,1-2H3,(H,14,15). The van der Waals surface area contributed by atoms with Crippen LogP contribution >= 0.6 is 0 Å². The zero-order chi connectivity index (χ0) is 11.5. The van der Waals surface area contributed by atoms with Gasteiger partial charge in [0.05, 0.1) is 0 Å². The molecule has 0 spiro atoms. The Bertz CT molecular complexity index is 227. The molecule has 0 amide bonds. The first-order valence-electron chi connectivity index (χ1n) is 5.75. The molecule has 2 heteroatoms. The van der Waals surface area contributed by atoms with E-state index in [-0.39, 0.29) is 0 Å². The van der Waals surface area contributed by atoms with Crippen molar-refractivity contribution in [3.05, 3.63) is 23.8 Å². The molecule has 0 radical (unpaired) electrons. The monoisotopic (exact) mass is 210 g/mol. The Labute approximate surface area is 92.7 Å². The minimum absolute atomic E-state index is 0.386. The third-order valence-corrected chi connectivity index (χ3v) is 2.29. The van der Waals surface area contributed by atoms with E-state index in [0.29, 0.717) is 5.57 Å². The van der Waals surface area contributed by atoms with E-state index in [2.05, 4.69) is 6.92 Å². The van der Waals surface area contributed by atoms with Crippen molar-refractivity contribution in [1.29, 1.82) is 0 Å². The summed E-state index contributed by atoms with van der Waals surface area (Å²) in [5.41, 5.74) is 0.386. The maximum atomic E-state index is 10.4. The predicted molar refractivity (Wildman–Crippen MR) is 63.9 cm³/mol. The number of aliphatic carboxylic acids is 1. The summed E-state index contributed by atoms with van der Waals surface area (Å²) < 4.78 is 0. The lowest BCUT2D eigenvalue weighted by atomic mass is 10.1. The van der Waals surface area contributed by atoms with Crippen molar-refractivity contribution in [2.75, 3.05) is 0 Å². The van der Waals surface area contributed by atoms with Crippen LogP contribution in [-0.2, 0) is 4.79 Å². The van der Waals surface area contributed by atoms with Crippen molar-refractivity contribution in [1.82, 2.24) is 0 Å². The summed E-state index contributed by atoms with van der Waals surface area (Å²) in [6.07, 6.45) is 13.0. The lowest BCUT2D eigenvalue weighted by Crippen LogP contribution is -1.94. The molecule has 0 aliphatic carbocycles. The van der Waals surface area contributed by atoms with Crippen molar-refractivity contribution in [2.45, 2.75) is 52.4 Å². The minimum Gasteiger partial charge on any atom is -0.478 e. The Morgan fingerprint density at radius 3 is 2.47 bits per heavy atom. The molecule has 0 bridgehead atoms. The molecule has 2 nitrogen and oxygen atoms in total. The van der Waals surface area contributed by atoms with Gasteiger partial charge in [-0.25, -0.2) is 4.79 Å². The number of carbonyl (C=O) groups is 1. The summed E-state index contributed by atoms with van der Waals surface area (Å²) in [4.78, 5) is 10.4. The van der Waals surface area contributed by atoms with Gasteiger partial charge in [-0.3, -0.25) is 0 Å². The molecule has 0 heterocycles. The van der Waals surface area contributed by atoms with Crippen molar-refractivity contribution in [3.63, 3.8) is 0 Å². The summed E-state index contributed by atoms with van der Waals surface area (Å²) >= 11 is 0. The second-order valence-corrected chi connectivity index (χ2v) is 3.79. The quantitative estimate of drug-likeness (QED) is 0.374. The normalized spacial score (nSPS) is 12.3. The van der Waals surface area contributed by atoms with E-state index < -0.39 is 5.97 Å². The van der Waals surface area contributed by atoms with Gasteiger partial charge in [-0.15, -0.1) is 0 Å². The molecule has 0 aromatic carbocycles. The van der Waals surface area contributed by atoms with Gasteiger partial charge in [-0.2, -0.15) is 0 Å². The van der Waals surface area contributed by atoms with Gasteiger partial charge < -0.3 is 5.11 Å². The average molecular weight is 210 g/mol. The maximum absolute atomic E-state index is 10.4. The molecule has 0 saturated heterocycles. The highest BCUT2D eigenvalue weighted by molar-refractivity contribution is 5.86. The first-order chi connectivity index (χ1) is 7.18. The van der Waals surface area contributed by atoms with E-state index in [1.165, 1.54) is 32.1 Å². The van der Waals surface area contributed by atoms with Gasteiger partial charge in [0.15, 0.2) is 0 Å². The van der Waals surface area contributed by atoms with Crippen molar-refractivity contribution < 1.29 is 9.90 Å². The van der Waals surface area contributed by atoms with E-state index >= 15 is 0 Å². The van der Waals surface area contributed by atoms with Crippen molar-refractivity contribution in [3.8, 4) is 0 Å². The van der Waals surface area contributed by atoms with Gasteiger partial charge in [0, 0.05) is 5.57 Å². The summed E-state index contributed by atoms with van der Waals surface area (Å²) in [6.45, 7) is 3.81. The molecule has 15 heavy (non-hydrogen) atoms. The highest BCUT2D eigenvalue weighted by atomic mass is 16.4. The molecule has 1 N–H and O–H groups in total. The third-order valence-electron chi connectivity index (χ3n) is 2.29. The molecular formula is C13H22O2. The summed E-state index contributed by atoms with van der Waals surface area (Å²) in [7, 11) is 0. The van der Waals surface area contributed by atoms with Gasteiger partial charge >= 0.3 is 5.97 Å². The fraction of sp³-hybridized carbons (Fsp3) is 0.615. The Kier molecular flexibility index (Phi) is 8.84. The van der Waals surface area contributed by atoms with Crippen LogP contribution in [0.1, 0.15) is 52.4 Å². The van der Waals surface area contributed by atoms with Crippen LogP contribution in [0.3, 0.4) is 0 Å². The topological polar surface area (TPSA) is 37.3 Å². The number of hydrogen-bond donors (Lipinski definition) is 1. The van der Waals surface area contributed by atoms with Crippen LogP contribution in [0.2, 0.25) is 0 Å². The smallest absolute Gasteiger partial charge is 0.331 e. The third kappa shape index (κ3) is 9.26. The van der Waals surface area contributed by atoms with Gasteiger partial charge in [-0.1, -0.05) is 50.8 Å². The fourth-order valence-corrected chi connectivity index (χ4v) is 1.25. The largest absolute Gasteiger partial charge is 0.478 e. The van der Waals surface area contributed by atoms with Gasteiger partial charge in [0.2, 0.25) is 0 Å². The summed E-state index contributed by atoms with van der Waals surface area (Å²) in [5.74, 6) is -0.845. The van der Waals surface area contributed by atoms with E-state index in [1.54, 1.807) is 13.0 Å². The fourth-order valence-electron chi connectivity index (χ4n) is 1.25. The SMILES string of the molecule is CCCCCCCC=CC=C(C)C(=O)O. The number of allylic oxidation sites excluding steroid dienone is 3. The zero-order valence-electron chi connectivity index (χ0n) is 9.83. The molecule has 0 aliphatic rings. The minimum atomic E-state index is -0.845. The predicted octanol–water partition coefficient (Wildman–Crippen LogP) is 3.93. The van der Waals surface area contributed by atoms with Crippen LogP contribution in [0.25, 0.3) is 0 Å². The van der Waals surface area contributed by atoms with Crippen molar-refractivity contribution >= 4 is 5.97 Å². The molecule has 0 atom stereocenters. The highest BCUT2D eigenvalue weighted by Crippen LogP contribution is 2.05. The first-order valence-corrected chi connectivity index (χ1v) is 5.75. The number of hydrogen-bond acceptors (Lipinski definition) is 1. The second kappa shape index (κ2) is 9.50. The van der Waals surface area contributed by atoms with Crippen LogP contribution in [0.5, 0.6) is 0 Å². The molecule has 86 valence electrons.